The first-order valence-corrected chi connectivity index (χ1v) is 12.8. The highest BCUT2D eigenvalue weighted by Gasteiger charge is 2.48. The number of benzene rings is 3. The Bertz CT molecular complexity index is 1450. The Balaban J connectivity index is 1.43. The van der Waals surface area contributed by atoms with Crippen LogP contribution in [0, 0.1) is 6.92 Å². The van der Waals surface area contributed by atoms with Crippen molar-refractivity contribution in [1.82, 2.24) is 14.8 Å². The molecule has 0 bridgehead atoms. The van der Waals surface area contributed by atoms with Crippen LogP contribution in [0.3, 0.4) is 0 Å². The first-order valence-electron chi connectivity index (χ1n) is 12.8. The van der Waals surface area contributed by atoms with Gasteiger partial charge in [-0.1, -0.05) is 86.1 Å². The van der Waals surface area contributed by atoms with E-state index in [1.54, 1.807) is 4.90 Å². The molecule has 4 aromatic rings. The van der Waals surface area contributed by atoms with Crippen LogP contribution in [-0.4, -0.2) is 39.2 Å². The highest BCUT2D eigenvalue weighted by Crippen LogP contribution is 2.42. The fourth-order valence-electron chi connectivity index (χ4n) is 5.78. The fraction of sp³-hybridized carbons (Fsp3) is 0.290. The van der Waals surface area contributed by atoms with Crippen molar-refractivity contribution in [2.45, 2.75) is 51.7 Å². The predicted octanol–water partition coefficient (Wildman–Crippen LogP) is 5.48. The quantitative estimate of drug-likeness (QED) is 0.423. The number of fused-ring (bicyclic) bond motifs is 4. The molecule has 2 amide bonds. The molecule has 5 heteroatoms. The number of nitrogens with one attached hydrogen (secondary N) is 1. The van der Waals surface area contributed by atoms with Crippen LogP contribution >= 0.6 is 0 Å². The summed E-state index contributed by atoms with van der Waals surface area (Å²) in [6.45, 7) is 6.95. The summed E-state index contributed by atoms with van der Waals surface area (Å²) >= 11 is 0. The maximum Gasteiger partial charge on any atom is 0.246 e. The lowest BCUT2D eigenvalue weighted by Crippen LogP contribution is -2.62. The molecular formula is C31H31N3O2. The minimum Gasteiger partial charge on any atom is -0.356 e. The van der Waals surface area contributed by atoms with E-state index in [0.29, 0.717) is 18.9 Å². The summed E-state index contributed by atoms with van der Waals surface area (Å²) in [6, 6.07) is 24.1. The second-order valence-corrected chi connectivity index (χ2v) is 10.5. The Morgan fingerprint density at radius 2 is 1.67 bits per heavy atom. The second-order valence-electron chi connectivity index (χ2n) is 10.5. The van der Waals surface area contributed by atoms with Gasteiger partial charge in [-0.15, -0.1) is 0 Å². The lowest BCUT2D eigenvalue weighted by atomic mass is 9.85. The Hall–Kier alpha value is -3.86. The molecule has 1 fully saturated rings. The van der Waals surface area contributed by atoms with Gasteiger partial charge in [-0.25, -0.2) is 0 Å². The third-order valence-corrected chi connectivity index (χ3v) is 7.76. The van der Waals surface area contributed by atoms with Crippen molar-refractivity contribution >= 4 is 22.7 Å². The molecular weight excluding hydrogens is 446 g/mol. The zero-order valence-electron chi connectivity index (χ0n) is 21.0. The molecule has 5 nitrogen and oxygen atoms in total. The Kier molecular flexibility index (Phi) is 5.44. The van der Waals surface area contributed by atoms with Crippen LogP contribution in [0.15, 0.2) is 72.8 Å². The van der Waals surface area contributed by atoms with Crippen LogP contribution in [-0.2, 0) is 22.6 Å². The summed E-state index contributed by atoms with van der Waals surface area (Å²) in [5.41, 5.74) is 7.72. The number of amides is 2. The second kappa shape index (κ2) is 8.66. The van der Waals surface area contributed by atoms with E-state index in [-0.39, 0.29) is 24.4 Å². The summed E-state index contributed by atoms with van der Waals surface area (Å²) in [5, 5.41) is 1.13. The van der Waals surface area contributed by atoms with E-state index in [0.717, 1.165) is 33.3 Å². The monoisotopic (exact) mass is 477 g/mol. The molecule has 2 atom stereocenters. The minimum absolute atomic E-state index is 0.00560. The van der Waals surface area contributed by atoms with Crippen LogP contribution in [0.25, 0.3) is 10.9 Å². The van der Waals surface area contributed by atoms with E-state index >= 15 is 0 Å². The number of H-pyrrole nitrogens is 1. The van der Waals surface area contributed by atoms with Gasteiger partial charge in [0.05, 0.1) is 6.04 Å². The molecule has 182 valence electrons. The molecule has 1 saturated heterocycles. The predicted molar refractivity (Wildman–Crippen MR) is 142 cm³/mol. The molecule has 36 heavy (non-hydrogen) atoms. The van der Waals surface area contributed by atoms with Crippen molar-refractivity contribution in [2.24, 2.45) is 0 Å². The van der Waals surface area contributed by atoms with E-state index in [9.17, 15) is 9.59 Å². The van der Waals surface area contributed by atoms with E-state index in [2.05, 4.69) is 55.2 Å². The first-order chi connectivity index (χ1) is 17.4. The molecule has 0 unspecified atom stereocenters. The molecule has 2 aliphatic heterocycles. The summed E-state index contributed by atoms with van der Waals surface area (Å²) in [5.74, 6) is 0.444. The van der Waals surface area contributed by atoms with Gasteiger partial charge in [-0.05, 0) is 41.2 Å². The average molecular weight is 478 g/mol. The lowest BCUT2D eigenvalue weighted by molar-refractivity contribution is -0.159. The summed E-state index contributed by atoms with van der Waals surface area (Å²) in [6.07, 6.45) is 0.523. The molecule has 3 heterocycles. The van der Waals surface area contributed by atoms with Gasteiger partial charge in [0.1, 0.15) is 12.6 Å². The molecule has 6 rings (SSSR count). The Morgan fingerprint density at radius 1 is 0.944 bits per heavy atom. The summed E-state index contributed by atoms with van der Waals surface area (Å²) in [7, 11) is 0. The van der Waals surface area contributed by atoms with Crippen LogP contribution in [0.1, 0.15) is 59.3 Å². The van der Waals surface area contributed by atoms with Gasteiger partial charge < -0.3 is 14.8 Å². The van der Waals surface area contributed by atoms with Crippen molar-refractivity contribution in [1.29, 1.82) is 0 Å². The third kappa shape index (κ3) is 3.70. The van der Waals surface area contributed by atoms with Crippen LogP contribution < -0.4 is 0 Å². The fourth-order valence-corrected chi connectivity index (χ4v) is 5.78. The van der Waals surface area contributed by atoms with Crippen molar-refractivity contribution < 1.29 is 9.59 Å². The molecule has 2 aliphatic rings. The van der Waals surface area contributed by atoms with Crippen molar-refractivity contribution in [3.8, 4) is 0 Å². The number of hydrogen-bond acceptors (Lipinski definition) is 2. The number of piperazine rings is 1. The van der Waals surface area contributed by atoms with E-state index in [1.165, 1.54) is 11.1 Å². The highest BCUT2D eigenvalue weighted by atomic mass is 16.2. The van der Waals surface area contributed by atoms with E-state index in [1.807, 2.05) is 48.2 Å². The SMILES string of the molecule is Cc1ccc(CN2CC(=O)N3[C@H](c4ccc(C(C)C)cc4)c4[nH]c5ccccc5c4C[C@H]3C2=O)cc1. The molecule has 0 spiro atoms. The van der Waals surface area contributed by atoms with Crippen LogP contribution in [0.5, 0.6) is 0 Å². The lowest BCUT2D eigenvalue weighted by Gasteiger charge is -2.47. The maximum absolute atomic E-state index is 13.9. The smallest absolute Gasteiger partial charge is 0.246 e. The molecule has 1 aromatic heterocycles. The van der Waals surface area contributed by atoms with E-state index < -0.39 is 6.04 Å². The minimum atomic E-state index is -0.516. The largest absolute Gasteiger partial charge is 0.356 e. The zero-order valence-corrected chi connectivity index (χ0v) is 21.0. The number of hydrogen-bond donors (Lipinski definition) is 1. The van der Waals surface area contributed by atoms with Crippen molar-refractivity contribution in [3.05, 3.63) is 106 Å². The number of para-hydroxylation sites is 1. The number of rotatable bonds is 4. The number of nitrogens with zero attached hydrogens (tertiary/aromatic N) is 2. The van der Waals surface area contributed by atoms with Crippen molar-refractivity contribution in [2.75, 3.05) is 6.54 Å². The first kappa shape index (κ1) is 22.6. The summed E-state index contributed by atoms with van der Waals surface area (Å²) in [4.78, 5) is 34.8. The Morgan fingerprint density at radius 3 is 2.39 bits per heavy atom. The molecule has 3 aromatic carbocycles. The highest BCUT2D eigenvalue weighted by molar-refractivity contribution is 5.97. The maximum atomic E-state index is 13.9. The zero-order chi connectivity index (χ0) is 25.0. The Labute approximate surface area is 211 Å². The molecule has 1 N–H and O–H groups in total. The number of aromatic amines is 1. The van der Waals surface area contributed by atoms with E-state index in [4.69, 9.17) is 0 Å². The van der Waals surface area contributed by atoms with Crippen LogP contribution in [0.4, 0.5) is 0 Å². The normalized spacial score (nSPS) is 19.7. The third-order valence-electron chi connectivity index (χ3n) is 7.76. The van der Waals surface area contributed by atoms with Crippen LogP contribution in [0.2, 0.25) is 0 Å². The summed E-state index contributed by atoms with van der Waals surface area (Å²) < 4.78 is 0. The van der Waals surface area contributed by atoms with Crippen molar-refractivity contribution in [3.63, 3.8) is 0 Å². The number of aromatic nitrogens is 1. The molecule has 0 saturated carbocycles. The molecule has 0 radical (unpaired) electrons. The number of carbonyl (C=O) groups is 2. The topological polar surface area (TPSA) is 56.4 Å². The number of carbonyl (C=O) groups excluding carboxylic acids is 2. The standard InChI is InChI=1S/C31H31N3O2/c1-19(2)22-12-14-23(15-13-22)30-29-25(24-6-4-5-7-26(24)32-29)16-27-31(36)33(18-28(35)34(27)30)17-21-10-8-20(3)9-11-21/h4-15,19,27,30,32H,16-18H2,1-3H3/t27-,30+/m0/s1. The van der Waals surface area contributed by atoms with Gasteiger partial charge in [0.15, 0.2) is 0 Å². The van der Waals surface area contributed by atoms with Gasteiger partial charge in [-0.3, -0.25) is 9.59 Å². The van der Waals surface area contributed by atoms with Gasteiger partial charge in [-0.2, -0.15) is 0 Å². The van der Waals surface area contributed by atoms with Gasteiger partial charge in [0, 0.05) is 29.6 Å². The van der Waals surface area contributed by atoms with Gasteiger partial charge in [0.25, 0.3) is 0 Å². The van der Waals surface area contributed by atoms with Gasteiger partial charge >= 0.3 is 0 Å². The van der Waals surface area contributed by atoms with Gasteiger partial charge in [0.2, 0.25) is 11.8 Å². The molecule has 0 aliphatic carbocycles. The number of aryl methyl sites for hydroxylation is 1. The average Bonchev–Trinajstić information content (AvgIpc) is 3.25.